The second-order valence-electron chi connectivity index (χ2n) is 10.3. The van der Waals surface area contributed by atoms with Crippen LogP contribution < -0.4 is 10.6 Å². The SMILES string of the molecule is O=C(Nc1ccc(SCC(=O)c2ccc(-c3ccccc3)cc2)cc1)/C(=C\c1c[nH]c2ccccc12)NC(=O)c1ccccc1. The molecular weight excluding hydrogens is 579 g/mol. The molecule has 2 amide bonds. The molecule has 0 aliphatic rings. The van der Waals surface area contributed by atoms with Gasteiger partial charge in [0.2, 0.25) is 0 Å². The molecule has 45 heavy (non-hydrogen) atoms. The number of Topliss-reactive ketones (excluding diaryl/α,β-unsaturated/α-hetero) is 1. The smallest absolute Gasteiger partial charge is 0.272 e. The van der Waals surface area contributed by atoms with E-state index in [1.807, 2.05) is 97.1 Å². The fourth-order valence-corrected chi connectivity index (χ4v) is 5.65. The first kappa shape index (κ1) is 29.4. The Kier molecular flexibility index (Phi) is 8.99. The van der Waals surface area contributed by atoms with Gasteiger partial charge in [-0.25, -0.2) is 0 Å². The zero-order valence-corrected chi connectivity index (χ0v) is 25.0. The minimum absolute atomic E-state index is 0.0400. The molecule has 0 unspecified atom stereocenters. The van der Waals surface area contributed by atoms with Crippen LogP contribution in [0.2, 0.25) is 0 Å². The van der Waals surface area contributed by atoms with E-state index in [1.54, 1.807) is 48.7 Å². The van der Waals surface area contributed by atoms with Crippen molar-refractivity contribution in [3.63, 3.8) is 0 Å². The quantitative estimate of drug-likeness (QED) is 0.0831. The van der Waals surface area contributed by atoms with Crippen LogP contribution in [0.5, 0.6) is 0 Å². The van der Waals surface area contributed by atoms with E-state index in [2.05, 4.69) is 15.6 Å². The van der Waals surface area contributed by atoms with Gasteiger partial charge in [-0.3, -0.25) is 14.4 Å². The molecule has 3 N–H and O–H groups in total. The van der Waals surface area contributed by atoms with Gasteiger partial charge in [-0.15, -0.1) is 11.8 Å². The average molecular weight is 608 g/mol. The molecule has 0 saturated heterocycles. The second-order valence-corrected chi connectivity index (χ2v) is 11.4. The Labute approximate surface area is 265 Å². The second kappa shape index (κ2) is 13.8. The summed E-state index contributed by atoms with van der Waals surface area (Å²) in [7, 11) is 0. The zero-order chi connectivity index (χ0) is 31.0. The third kappa shape index (κ3) is 7.29. The predicted octanol–water partition coefficient (Wildman–Crippen LogP) is 8.22. The first-order valence-corrected chi connectivity index (χ1v) is 15.4. The number of benzene rings is 5. The standard InChI is InChI=1S/C38H29N3O3S/c42-36(28-17-15-27(16-18-28)26-9-3-1-4-10-26)25-45-32-21-19-31(20-22-32)40-38(44)35(41-37(43)29-11-5-2-6-12-29)23-30-24-39-34-14-8-7-13-33(30)34/h1-24,39H,25H2,(H,40,44)(H,41,43)/b35-23+. The monoisotopic (exact) mass is 607 g/mol. The molecule has 220 valence electrons. The van der Waals surface area contributed by atoms with E-state index >= 15 is 0 Å². The minimum Gasteiger partial charge on any atom is -0.361 e. The molecule has 0 atom stereocenters. The highest BCUT2D eigenvalue weighted by Gasteiger charge is 2.16. The van der Waals surface area contributed by atoms with E-state index in [4.69, 9.17) is 0 Å². The lowest BCUT2D eigenvalue weighted by atomic mass is 10.0. The number of amides is 2. The number of aromatic amines is 1. The lowest BCUT2D eigenvalue weighted by Crippen LogP contribution is -2.30. The van der Waals surface area contributed by atoms with E-state index in [0.717, 1.165) is 32.5 Å². The van der Waals surface area contributed by atoms with Crippen LogP contribution >= 0.6 is 11.8 Å². The molecule has 0 aliphatic heterocycles. The van der Waals surface area contributed by atoms with Gasteiger partial charge in [0, 0.05) is 44.4 Å². The number of nitrogens with one attached hydrogen (secondary N) is 3. The van der Waals surface area contributed by atoms with Gasteiger partial charge in [0.05, 0.1) is 5.75 Å². The van der Waals surface area contributed by atoms with Crippen molar-refractivity contribution in [3.05, 3.63) is 162 Å². The number of hydrogen-bond acceptors (Lipinski definition) is 4. The lowest BCUT2D eigenvalue weighted by molar-refractivity contribution is -0.113. The van der Waals surface area contributed by atoms with E-state index < -0.39 is 5.91 Å². The first-order valence-electron chi connectivity index (χ1n) is 14.4. The molecule has 6 aromatic rings. The highest BCUT2D eigenvalue weighted by molar-refractivity contribution is 8.00. The molecule has 1 aromatic heterocycles. The molecule has 5 aromatic carbocycles. The van der Waals surface area contributed by atoms with Crippen molar-refractivity contribution in [3.8, 4) is 11.1 Å². The number of aromatic nitrogens is 1. The topological polar surface area (TPSA) is 91.1 Å². The van der Waals surface area contributed by atoms with Gasteiger partial charge in [-0.1, -0.05) is 91.0 Å². The normalized spacial score (nSPS) is 11.2. The zero-order valence-electron chi connectivity index (χ0n) is 24.2. The molecular formula is C38H29N3O3S. The highest BCUT2D eigenvalue weighted by Crippen LogP contribution is 2.24. The van der Waals surface area contributed by atoms with Crippen LogP contribution in [0.4, 0.5) is 5.69 Å². The maximum absolute atomic E-state index is 13.5. The predicted molar refractivity (Wildman–Crippen MR) is 182 cm³/mol. The number of H-pyrrole nitrogens is 1. The Hall–Kier alpha value is -5.66. The van der Waals surface area contributed by atoms with Crippen molar-refractivity contribution in [1.29, 1.82) is 0 Å². The highest BCUT2D eigenvalue weighted by atomic mass is 32.2. The number of anilines is 1. The van der Waals surface area contributed by atoms with Crippen LogP contribution in [0, 0.1) is 0 Å². The number of rotatable bonds is 10. The molecule has 0 spiro atoms. The number of hydrogen-bond donors (Lipinski definition) is 3. The average Bonchev–Trinajstić information content (AvgIpc) is 3.51. The Balaban J connectivity index is 1.12. The minimum atomic E-state index is -0.459. The number of carbonyl (C=O) groups is 3. The summed E-state index contributed by atoms with van der Waals surface area (Å²) < 4.78 is 0. The van der Waals surface area contributed by atoms with Crippen molar-refractivity contribution < 1.29 is 14.4 Å². The Morgan fingerprint density at radius 2 is 1.31 bits per heavy atom. The third-order valence-corrected chi connectivity index (χ3v) is 8.26. The van der Waals surface area contributed by atoms with Crippen molar-refractivity contribution in [1.82, 2.24) is 10.3 Å². The summed E-state index contributed by atoms with van der Waals surface area (Å²) in [6.45, 7) is 0. The summed E-state index contributed by atoms with van der Waals surface area (Å²) in [4.78, 5) is 43.4. The maximum atomic E-state index is 13.5. The Morgan fingerprint density at radius 1 is 0.667 bits per heavy atom. The first-order chi connectivity index (χ1) is 22.0. The van der Waals surface area contributed by atoms with Gasteiger partial charge in [0.15, 0.2) is 5.78 Å². The van der Waals surface area contributed by atoms with Crippen LogP contribution in [0.1, 0.15) is 26.3 Å². The van der Waals surface area contributed by atoms with Crippen molar-refractivity contribution in [2.45, 2.75) is 4.90 Å². The van der Waals surface area contributed by atoms with Gasteiger partial charge < -0.3 is 15.6 Å². The fourth-order valence-electron chi connectivity index (χ4n) is 4.86. The summed E-state index contributed by atoms with van der Waals surface area (Å²) >= 11 is 1.43. The Bertz CT molecular complexity index is 1980. The van der Waals surface area contributed by atoms with Crippen molar-refractivity contribution in [2.24, 2.45) is 0 Å². The van der Waals surface area contributed by atoms with Crippen LogP contribution in [-0.4, -0.2) is 28.3 Å². The number of fused-ring (bicyclic) bond motifs is 1. The molecule has 0 fully saturated rings. The number of ketones is 1. The largest absolute Gasteiger partial charge is 0.361 e. The van der Waals surface area contributed by atoms with E-state index in [0.29, 0.717) is 22.6 Å². The van der Waals surface area contributed by atoms with Gasteiger partial charge in [0.1, 0.15) is 5.70 Å². The van der Waals surface area contributed by atoms with Gasteiger partial charge in [0.25, 0.3) is 11.8 Å². The number of carbonyl (C=O) groups excluding carboxylic acids is 3. The molecule has 0 aliphatic carbocycles. The van der Waals surface area contributed by atoms with Crippen LogP contribution in [0.15, 0.2) is 150 Å². The molecule has 6 rings (SSSR count). The fraction of sp³-hybridized carbons (Fsp3) is 0.0263. The Morgan fingerprint density at radius 3 is 2.04 bits per heavy atom. The van der Waals surface area contributed by atoms with E-state index in [-0.39, 0.29) is 17.4 Å². The lowest BCUT2D eigenvalue weighted by Gasteiger charge is -2.12. The van der Waals surface area contributed by atoms with Gasteiger partial charge in [-0.2, -0.15) is 0 Å². The number of thioether (sulfide) groups is 1. The summed E-state index contributed by atoms with van der Waals surface area (Å²) in [6.07, 6.45) is 3.47. The molecule has 7 heteroatoms. The van der Waals surface area contributed by atoms with E-state index in [1.165, 1.54) is 11.8 Å². The molecule has 1 heterocycles. The summed E-state index contributed by atoms with van der Waals surface area (Å²) in [5, 5.41) is 6.60. The number of para-hydroxylation sites is 1. The van der Waals surface area contributed by atoms with Crippen LogP contribution in [-0.2, 0) is 4.79 Å². The third-order valence-electron chi connectivity index (χ3n) is 7.25. The molecule has 0 bridgehead atoms. The molecule has 0 saturated carbocycles. The molecule has 6 nitrogen and oxygen atoms in total. The van der Waals surface area contributed by atoms with Crippen LogP contribution in [0.25, 0.3) is 28.1 Å². The molecule has 0 radical (unpaired) electrons. The van der Waals surface area contributed by atoms with Crippen molar-refractivity contribution >= 4 is 52.0 Å². The maximum Gasteiger partial charge on any atom is 0.272 e. The van der Waals surface area contributed by atoms with Crippen LogP contribution in [0.3, 0.4) is 0 Å². The van der Waals surface area contributed by atoms with Crippen molar-refractivity contribution in [2.75, 3.05) is 11.1 Å². The van der Waals surface area contributed by atoms with Gasteiger partial charge in [-0.05, 0) is 59.7 Å². The summed E-state index contributed by atoms with van der Waals surface area (Å²) in [5.74, 6) is -0.514. The summed E-state index contributed by atoms with van der Waals surface area (Å²) in [6, 6.07) is 41.5. The summed E-state index contributed by atoms with van der Waals surface area (Å²) in [5.41, 5.74) is 5.65. The van der Waals surface area contributed by atoms with Gasteiger partial charge >= 0.3 is 0 Å². The van der Waals surface area contributed by atoms with E-state index in [9.17, 15) is 14.4 Å².